The number of carbonyl (C=O) groups is 1. The number of carbonyl (C=O) groups excluding carboxylic acids is 1. The Bertz CT molecular complexity index is 589. The minimum absolute atomic E-state index is 0.0220. The Kier molecular flexibility index (Phi) is 6.16. The predicted molar refractivity (Wildman–Crippen MR) is 84.4 cm³/mol. The summed E-state index contributed by atoms with van der Waals surface area (Å²) in [6.07, 6.45) is 2.90. The third kappa shape index (κ3) is 4.18. The fourth-order valence-electron chi connectivity index (χ4n) is 2.46. The monoisotopic (exact) mass is 309 g/mol. The molecular weight excluding hydrogens is 286 g/mol. The van der Waals surface area contributed by atoms with Crippen LogP contribution in [0.1, 0.15) is 50.1 Å². The smallest absolute Gasteiger partial charge is 0.308 e. The number of hydrogen-bond acceptors (Lipinski definition) is 4. The van der Waals surface area contributed by atoms with Gasteiger partial charge < -0.3 is 5.32 Å². The number of nitrogens with one attached hydrogen (secondary N) is 1. The van der Waals surface area contributed by atoms with Gasteiger partial charge in [0.15, 0.2) is 0 Å². The molecule has 0 unspecified atom stereocenters. The molecule has 0 bridgehead atoms. The lowest BCUT2D eigenvalue weighted by atomic mass is 9.90. The molecular formula is C15H23N3O2S. The molecule has 0 aliphatic carbocycles. The van der Waals surface area contributed by atoms with E-state index in [0.29, 0.717) is 12.8 Å². The second-order valence-corrected chi connectivity index (χ2v) is 6.50. The number of aryl methyl sites for hydroxylation is 1. The molecule has 116 valence electrons. The molecule has 0 aliphatic heterocycles. The molecule has 1 aromatic rings. The molecule has 21 heavy (non-hydrogen) atoms. The van der Waals surface area contributed by atoms with Crippen molar-refractivity contribution in [1.29, 1.82) is 5.26 Å². The summed E-state index contributed by atoms with van der Waals surface area (Å²) in [6, 6.07) is 2.25. The quantitative estimate of drug-likeness (QED) is 0.841. The zero-order chi connectivity index (χ0) is 16.0. The summed E-state index contributed by atoms with van der Waals surface area (Å²) in [5.41, 5.74) is -0.00271. The Hall–Kier alpha value is -1.61. The number of nitriles is 1. The molecule has 0 atom stereocenters. The van der Waals surface area contributed by atoms with Gasteiger partial charge in [-0.1, -0.05) is 38.0 Å². The van der Waals surface area contributed by atoms with E-state index in [2.05, 4.69) is 11.4 Å². The maximum atomic E-state index is 12.2. The maximum Gasteiger partial charge on any atom is 0.308 e. The first-order valence-electron chi connectivity index (χ1n) is 7.28. The molecule has 0 radical (unpaired) electrons. The van der Waals surface area contributed by atoms with Gasteiger partial charge >= 0.3 is 4.87 Å². The number of aromatic nitrogens is 1. The molecule has 1 N–H and O–H groups in total. The summed E-state index contributed by atoms with van der Waals surface area (Å²) in [5, 5.41) is 12.3. The normalized spacial score (nSPS) is 11.2. The van der Waals surface area contributed by atoms with Crippen LogP contribution >= 0.6 is 11.3 Å². The lowest BCUT2D eigenvalue weighted by molar-refractivity contribution is -0.123. The highest BCUT2D eigenvalue weighted by molar-refractivity contribution is 7.09. The Morgan fingerprint density at radius 2 is 1.90 bits per heavy atom. The lowest BCUT2D eigenvalue weighted by Gasteiger charge is -2.27. The van der Waals surface area contributed by atoms with Gasteiger partial charge in [0.05, 0.1) is 6.07 Å². The van der Waals surface area contributed by atoms with E-state index in [4.69, 9.17) is 0 Å². The van der Waals surface area contributed by atoms with Crippen LogP contribution in [0.3, 0.4) is 0 Å². The Balaban J connectivity index is 2.88. The second-order valence-electron chi connectivity index (χ2n) is 5.34. The number of thiazole rings is 1. The minimum Gasteiger partial charge on any atom is -0.336 e. The number of rotatable bonds is 7. The summed E-state index contributed by atoms with van der Waals surface area (Å²) in [5.74, 6) is -0.276. The topological polar surface area (TPSA) is 74.9 Å². The van der Waals surface area contributed by atoms with Gasteiger partial charge in [0.1, 0.15) is 12.1 Å². The minimum atomic E-state index is -0.816. The van der Waals surface area contributed by atoms with Crippen molar-refractivity contribution in [2.45, 2.75) is 65.5 Å². The Morgan fingerprint density at radius 1 is 1.33 bits per heavy atom. The predicted octanol–water partition coefficient (Wildman–Crippen LogP) is 2.51. The average molecular weight is 309 g/mol. The number of nitrogens with zero attached hydrogens (tertiary/aromatic N) is 2. The summed E-state index contributed by atoms with van der Waals surface area (Å²) in [4.78, 5) is 24.8. The van der Waals surface area contributed by atoms with Crippen LogP contribution in [0.15, 0.2) is 4.79 Å². The van der Waals surface area contributed by atoms with Gasteiger partial charge in [-0.15, -0.1) is 0 Å². The first-order chi connectivity index (χ1) is 9.89. The molecule has 5 nitrogen and oxygen atoms in total. The molecule has 0 saturated carbocycles. The summed E-state index contributed by atoms with van der Waals surface area (Å²) >= 11 is 1.14. The van der Waals surface area contributed by atoms with E-state index in [1.54, 1.807) is 0 Å². The second kappa shape index (κ2) is 7.41. The molecule has 0 spiro atoms. The first-order valence-corrected chi connectivity index (χ1v) is 8.09. The standard InChI is InChI=1S/C15H23N3O2S/c1-5-7-15(10-16,8-6-2)17-13(19)9-18-11(3)12(4)21-14(18)20/h5-9H2,1-4H3,(H,17,19). The highest BCUT2D eigenvalue weighted by Gasteiger charge is 2.30. The largest absolute Gasteiger partial charge is 0.336 e. The van der Waals surface area contributed by atoms with Crippen LogP contribution in [0.4, 0.5) is 0 Å². The van der Waals surface area contributed by atoms with Gasteiger partial charge in [0.25, 0.3) is 0 Å². The van der Waals surface area contributed by atoms with E-state index in [-0.39, 0.29) is 17.3 Å². The van der Waals surface area contributed by atoms with Crippen LogP contribution in [-0.2, 0) is 11.3 Å². The Morgan fingerprint density at radius 3 is 2.29 bits per heavy atom. The van der Waals surface area contributed by atoms with Crippen molar-refractivity contribution in [3.8, 4) is 6.07 Å². The van der Waals surface area contributed by atoms with E-state index >= 15 is 0 Å². The van der Waals surface area contributed by atoms with Crippen molar-refractivity contribution in [3.05, 3.63) is 20.2 Å². The molecule has 0 aliphatic rings. The third-order valence-electron chi connectivity index (χ3n) is 3.62. The van der Waals surface area contributed by atoms with Gasteiger partial charge in [-0.05, 0) is 26.7 Å². The molecule has 1 aromatic heterocycles. The fourth-order valence-corrected chi connectivity index (χ4v) is 3.29. The third-order valence-corrected chi connectivity index (χ3v) is 4.62. The van der Waals surface area contributed by atoms with Crippen molar-refractivity contribution < 1.29 is 4.79 Å². The molecule has 6 heteroatoms. The Labute approximate surface area is 129 Å². The first kappa shape index (κ1) is 17.4. The molecule has 0 saturated heterocycles. The van der Waals surface area contributed by atoms with Gasteiger partial charge in [0, 0.05) is 10.6 Å². The van der Waals surface area contributed by atoms with Crippen LogP contribution in [0.5, 0.6) is 0 Å². The van der Waals surface area contributed by atoms with Crippen molar-refractivity contribution in [3.63, 3.8) is 0 Å². The number of hydrogen-bond donors (Lipinski definition) is 1. The molecule has 1 rings (SSSR count). The molecule has 1 amide bonds. The van der Waals surface area contributed by atoms with E-state index in [1.807, 2.05) is 27.7 Å². The highest BCUT2D eigenvalue weighted by Crippen LogP contribution is 2.19. The van der Waals surface area contributed by atoms with E-state index in [1.165, 1.54) is 4.57 Å². The van der Waals surface area contributed by atoms with Crippen molar-refractivity contribution in [2.75, 3.05) is 0 Å². The zero-order valence-electron chi connectivity index (χ0n) is 13.2. The molecule has 1 heterocycles. The van der Waals surface area contributed by atoms with Crippen molar-refractivity contribution in [2.24, 2.45) is 0 Å². The fraction of sp³-hybridized carbons (Fsp3) is 0.667. The van der Waals surface area contributed by atoms with Gasteiger partial charge in [-0.3, -0.25) is 14.2 Å². The van der Waals surface area contributed by atoms with Crippen LogP contribution in [0, 0.1) is 25.2 Å². The molecule has 0 aromatic carbocycles. The SMILES string of the molecule is CCCC(C#N)(CCC)NC(=O)Cn1c(C)c(C)sc1=O. The van der Waals surface area contributed by atoms with E-state index in [0.717, 1.165) is 34.7 Å². The van der Waals surface area contributed by atoms with E-state index in [9.17, 15) is 14.9 Å². The van der Waals surface area contributed by atoms with Crippen LogP contribution in [-0.4, -0.2) is 16.0 Å². The average Bonchev–Trinajstić information content (AvgIpc) is 2.66. The lowest BCUT2D eigenvalue weighted by Crippen LogP contribution is -2.49. The summed E-state index contributed by atoms with van der Waals surface area (Å²) in [7, 11) is 0. The molecule has 0 fully saturated rings. The van der Waals surface area contributed by atoms with Crippen LogP contribution in [0.2, 0.25) is 0 Å². The highest BCUT2D eigenvalue weighted by atomic mass is 32.1. The van der Waals surface area contributed by atoms with Crippen LogP contribution < -0.4 is 10.2 Å². The van der Waals surface area contributed by atoms with Gasteiger partial charge in [-0.25, -0.2) is 0 Å². The van der Waals surface area contributed by atoms with Crippen LogP contribution in [0.25, 0.3) is 0 Å². The number of amides is 1. The summed E-state index contributed by atoms with van der Waals surface area (Å²) < 4.78 is 1.47. The van der Waals surface area contributed by atoms with Gasteiger partial charge in [0.2, 0.25) is 5.91 Å². The van der Waals surface area contributed by atoms with Crippen molar-refractivity contribution in [1.82, 2.24) is 9.88 Å². The van der Waals surface area contributed by atoms with Crippen molar-refractivity contribution >= 4 is 17.2 Å². The maximum absolute atomic E-state index is 12.2. The zero-order valence-corrected chi connectivity index (χ0v) is 14.0. The van der Waals surface area contributed by atoms with Gasteiger partial charge in [-0.2, -0.15) is 5.26 Å². The summed E-state index contributed by atoms with van der Waals surface area (Å²) in [6.45, 7) is 7.65. The van der Waals surface area contributed by atoms with E-state index < -0.39 is 5.54 Å².